The summed E-state index contributed by atoms with van der Waals surface area (Å²) in [6.07, 6.45) is 25.2. The third kappa shape index (κ3) is 31.6. The minimum absolute atomic E-state index is 0.191. The molecule has 0 fully saturated rings. The Kier molecular flexibility index (Phi) is 31.8. The molecule has 0 heterocycles. The molecule has 46 heavy (non-hydrogen) atoms. The van der Waals surface area contributed by atoms with Crippen LogP contribution in [0, 0.1) is 0 Å². The molecule has 0 aromatic rings. The van der Waals surface area contributed by atoms with Gasteiger partial charge in [-0.15, -0.1) is 0 Å². The summed E-state index contributed by atoms with van der Waals surface area (Å²) in [4.78, 5) is 34.6. The van der Waals surface area contributed by atoms with Crippen molar-refractivity contribution in [3.63, 3.8) is 0 Å². The molecule has 0 saturated carbocycles. The van der Waals surface area contributed by atoms with Crippen molar-refractivity contribution in [2.45, 2.75) is 187 Å². The van der Waals surface area contributed by atoms with Crippen LogP contribution in [0.2, 0.25) is 0 Å². The van der Waals surface area contributed by atoms with Crippen molar-refractivity contribution in [3.05, 3.63) is 0 Å². The molecule has 0 aliphatic carbocycles. The molecule has 0 radical (unpaired) electrons. The molecule has 3 atom stereocenters. The number of phosphoric acid groups is 1. The highest BCUT2D eigenvalue weighted by atomic mass is 31.2. The third-order valence-electron chi connectivity index (χ3n) is 8.01. The Balaban J connectivity index is 4.27. The van der Waals surface area contributed by atoms with E-state index in [9.17, 15) is 24.2 Å². The van der Waals surface area contributed by atoms with Crippen LogP contribution < -0.4 is 0 Å². The van der Waals surface area contributed by atoms with Crippen LogP contribution in [-0.2, 0) is 32.7 Å². The molecule has 10 nitrogen and oxygen atoms in total. The maximum absolute atomic E-state index is 12.5. The summed E-state index contributed by atoms with van der Waals surface area (Å²) in [5.41, 5.74) is 0. The maximum Gasteiger partial charge on any atom is 0.472 e. The van der Waals surface area contributed by atoms with Crippen LogP contribution in [0.4, 0.5) is 0 Å². The molecule has 11 heteroatoms. The van der Waals surface area contributed by atoms with Gasteiger partial charge in [0.25, 0.3) is 0 Å². The van der Waals surface area contributed by atoms with Crippen LogP contribution in [0.5, 0.6) is 0 Å². The first-order valence-corrected chi connectivity index (χ1v) is 20.0. The van der Waals surface area contributed by atoms with Gasteiger partial charge in [0, 0.05) is 12.8 Å². The second-order valence-electron chi connectivity index (χ2n) is 12.6. The number of rotatable bonds is 35. The van der Waals surface area contributed by atoms with Crippen molar-refractivity contribution in [1.29, 1.82) is 0 Å². The van der Waals surface area contributed by atoms with Crippen LogP contribution in [0.3, 0.4) is 0 Å². The zero-order valence-corrected chi connectivity index (χ0v) is 30.2. The predicted octanol–water partition coefficient (Wildman–Crippen LogP) is 8.72. The van der Waals surface area contributed by atoms with Gasteiger partial charge in [-0.1, -0.05) is 149 Å². The van der Waals surface area contributed by atoms with E-state index in [0.29, 0.717) is 12.8 Å². The number of aliphatic hydroxyl groups excluding tert-OH is 2. The van der Waals surface area contributed by atoms with Crippen molar-refractivity contribution in [3.8, 4) is 0 Å². The zero-order chi connectivity index (χ0) is 34.1. The number of carbonyl (C=O) groups excluding carboxylic acids is 2. The number of hydrogen-bond donors (Lipinski definition) is 3. The second-order valence-corrected chi connectivity index (χ2v) is 14.1. The minimum Gasteiger partial charge on any atom is -0.462 e. The average Bonchev–Trinajstić information content (AvgIpc) is 3.04. The summed E-state index contributed by atoms with van der Waals surface area (Å²) in [7, 11) is -4.60. The van der Waals surface area contributed by atoms with E-state index in [1.54, 1.807) is 0 Å². The number of carbonyl (C=O) groups is 2. The Labute approximate surface area is 280 Å². The summed E-state index contributed by atoms with van der Waals surface area (Å²) in [5.74, 6) is -0.923. The Bertz CT molecular complexity index is 751. The Morgan fingerprint density at radius 2 is 0.935 bits per heavy atom. The summed E-state index contributed by atoms with van der Waals surface area (Å²) in [6, 6.07) is 0. The van der Waals surface area contributed by atoms with Gasteiger partial charge in [-0.05, 0) is 12.8 Å². The van der Waals surface area contributed by atoms with Gasteiger partial charge in [-0.2, -0.15) is 0 Å². The van der Waals surface area contributed by atoms with Gasteiger partial charge in [-0.3, -0.25) is 18.6 Å². The molecule has 0 bridgehead atoms. The first-order valence-electron chi connectivity index (χ1n) is 18.5. The van der Waals surface area contributed by atoms with Crippen molar-refractivity contribution < 1.29 is 47.8 Å². The van der Waals surface area contributed by atoms with E-state index in [4.69, 9.17) is 19.1 Å². The summed E-state index contributed by atoms with van der Waals surface area (Å²) < 4.78 is 32.4. The molecule has 1 unspecified atom stereocenters. The predicted molar refractivity (Wildman–Crippen MR) is 182 cm³/mol. The Morgan fingerprint density at radius 1 is 0.565 bits per heavy atom. The molecular weight excluding hydrogens is 611 g/mol. The quantitative estimate of drug-likeness (QED) is 0.0337. The first kappa shape index (κ1) is 45.0. The van der Waals surface area contributed by atoms with E-state index >= 15 is 0 Å². The van der Waals surface area contributed by atoms with Gasteiger partial charge in [0.05, 0.1) is 19.8 Å². The number of aliphatic hydroxyl groups is 2. The summed E-state index contributed by atoms with van der Waals surface area (Å²) >= 11 is 0. The molecule has 0 aliphatic rings. The van der Waals surface area contributed by atoms with Crippen LogP contribution in [-0.4, -0.2) is 65.7 Å². The summed E-state index contributed by atoms with van der Waals surface area (Å²) in [5, 5.41) is 18.2. The maximum atomic E-state index is 12.5. The highest BCUT2D eigenvalue weighted by Crippen LogP contribution is 2.43. The van der Waals surface area contributed by atoms with Crippen LogP contribution >= 0.6 is 7.82 Å². The first-order chi connectivity index (χ1) is 22.2. The molecular formula is C35H69O10P. The zero-order valence-electron chi connectivity index (χ0n) is 29.3. The fourth-order valence-electron chi connectivity index (χ4n) is 5.11. The number of phosphoric ester groups is 1. The lowest BCUT2D eigenvalue weighted by atomic mass is 10.0. The third-order valence-corrected chi connectivity index (χ3v) is 8.96. The molecule has 3 N–H and O–H groups in total. The van der Waals surface area contributed by atoms with Gasteiger partial charge < -0.3 is 24.6 Å². The standard InChI is InChI=1S/C35H69O10P/c1-3-5-7-9-11-12-13-14-15-16-17-18-19-21-23-25-27-35(39)45-33(31-44-46(40,41)43-29-32(37)28-36)30-42-34(38)26-24-22-20-10-8-6-4-2/h32-33,36-37H,3-31H2,1-2H3,(H,40,41)/t32-,33+/m0/s1. The lowest BCUT2D eigenvalue weighted by molar-refractivity contribution is -0.161. The number of hydrogen-bond acceptors (Lipinski definition) is 9. The molecule has 274 valence electrons. The van der Waals surface area contributed by atoms with Crippen LogP contribution in [0.1, 0.15) is 174 Å². The normalized spacial score (nSPS) is 14.1. The van der Waals surface area contributed by atoms with Gasteiger partial charge in [-0.25, -0.2) is 4.57 Å². The molecule has 0 aromatic heterocycles. The molecule has 0 aliphatic heterocycles. The molecule has 0 spiro atoms. The monoisotopic (exact) mass is 680 g/mol. The molecule has 0 aromatic carbocycles. The van der Waals surface area contributed by atoms with E-state index in [1.165, 1.54) is 96.3 Å². The number of esters is 2. The Hall–Kier alpha value is -1.03. The van der Waals surface area contributed by atoms with Gasteiger partial charge >= 0.3 is 19.8 Å². The SMILES string of the molecule is CCCCCCCCCCCCCCCCCCC(=O)O[C@H](COC(=O)CCCCCCCCC)COP(=O)(O)OC[C@@H](O)CO. The van der Waals surface area contributed by atoms with Gasteiger partial charge in [0.1, 0.15) is 12.7 Å². The fraction of sp³-hybridized carbons (Fsp3) is 0.943. The lowest BCUT2D eigenvalue weighted by Gasteiger charge is -2.20. The van der Waals surface area contributed by atoms with E-state index in [-0.39, 0.29) is 19.4 Å². The van der Waals surface area contributed by atoms with E-state index in [2.05, 4.69) is 18.4 Å². The molecule has 0 saturated heterocycles. The van der Waals surface area contributed by atoms with Gasteiger partial charge in [0.15, 0.2) is 6.10 Å². The van der Waals surface area contributed by atoms with Crippen LogP contribution in [0.25, 0.3) is 0 Å². The fourth-order valence-corrected chi connectivity index (χ4v) is 5.90. The summed E-state index contributed by atoms with van der Waals surface area (Å²) in [6.45, 7) is 2.33. The van der Waals surface area contributed by atoms with Crippen LogP contribution in [0.15, 0.2) is 0 Å². The lowest BCUT2D eigenvalue weighted by Crippen LogP contribution is -2.29. The number of ether oxygens (including phenoxy) is 2. The van der Waals surface area contributed by atoms with Crippen molar-refractivity contribution in [1.82, 2.24) is 0 Å². The van der Waals surface area contributed by atoms with E-state index in [0.717, 1.165) is 38.5 Å². The Morgan fingerprint density at radius 3 is 1.35 bits per heavy atom. The smallest absolute Gasteiger partial charge is 0.462 e. The molecule has 0 rings (SSSR count). The van der Waals surface area contributed by atoms with E-state index in [1.807, 2.05) is 0 Å². The van der Waals surface area contributed by atoms with Crippen molar-refractivity contribution in [2.24, 2.45) is 0 Å². The van der Waals surface area contributed by atoms with Crippen molar-refractivity contribution in [2.75, 3.05) is 26.4 Å². The second kappa shape index (κ2) is 32.5. The topological polar surface area (TPSA) is 149 Å². The van der Waals surface area contributed by atoms with Crippen molar-refractivity contribution >= 4 is 19.8 Å². The number of unbranched alkanes of at least 4 members (excludes halogenated alkanes) is 21. The highest BCUT2D eigenvalue weighted by molar-refractivity contribution is 7.47. The largest absolute Gasteiger partial charge is 0.472 e. The van der Waals surface area contributed by atoms with Gasteiger partial charge in [0.2, 0.25) is 0 Å². The molecule has 0 amide bonds. The van der Waals surface area contributed by atoms with E-state index < -0.39 is 51.8 Å². The highest BCUT2D eigenvalue weighted by Gasteiger charge is 2.27. The average molecular weight is 681 g/mol. The minimum atomic E-state index is -4.60.